The van der Waals surface area contributed by atoms with E-state index in [-0.39, 0.29) is 5.75 Å². The second kappa shape index (κ2) is 7.05. The van der Waals surface area contributed by atoms with E-state index in [1.165, 1.54) is 0 Å². The summed E-state index contributed by atoms with van der Waals surface area (Å²) in [7, 11) is -3.40. The molecule has 118 valence electrons. The molecule has 0 aliphatic heterocycles. The van der Waals surface area contributed by atoms with Gasteiger partial charge in [-0.15, -0.1) is 0 Å². The van der Waals surface area contributed by atoms with Gasteiger partial charge < -0.3 is 10.8 Å². The molecular weight excluding hydrogens is 298 g/mol. The van der Waals surface area contributed by atoms with Gasteiger partial charge in [-0.3, -0.25) is 0 Å². The van der Waals surface area contributed by atoms with Gasteiger partial charge in [-0.25, -0.2) is 8.42 Å². The van der Waals surface area contributed by atoms with Crippen LogP contribution in [0.1, 0.15) is 18.5 Å². The summed E-state index contributed by atoms with van der Waals surface area (Å²) < 4.78 is 24.0. The standard InChI is InChI=1S/C17H21NO3S/c1-2-22(20,21)16(12-19)17(18)15-10-8-14(9-11-15)13-6-4-3-5-7-13/h3-11,16-17,19H,2,12,18H2,1H3/t16-,17-/m1/s1. The smallest absolute Gasteiger partial charge is 0.157 e. The summed E-state index contributed by atoms with van der Waals surface area (Å²) in [6.07, 6.45) is 0. The molecule has 0 aliphatic carbocycles. The maximum Gasteiger partial charge on any atom is 0.157 e. The summed E-state index contributed by atoms with van der Waals surface area (Å²) in [6, 6.07) is 16.6. The zero-order chi connectivity index (χ0) is 16.2. The first kappa shape index (κ1) is 16.7. The number of benzene rings is 2. The molecule has 5 heteroatoms. The maximum atomic E-state index is 12.0. The molecule has 0 unspecified atom stereocenters. The van der Waals surface area contributed by atoms with E-state index in [0.29, 0.717) is 5.56 Å². The Balaban J connectivity index is 2.26. The third-order valence-corrected chi connectivity index (χ3v) is 6.02. The minimum absolute atomic E-state index is 0.0337. The lowest BCUT2D eigenvalue weighted by Gasteiger charge is -2.22. The highest BCUT2D eigenvalue weighted by molar-refractivity contribution is 7.92. The molecule has 2 rings (SSSR count). The molecular formula is C17H21NO3S. The van der Waals surface area contributed by atoms with Crippen LogP contribution in [0.15, 0.2) is 54.6 Å². The van der Waals surface area contributed by atoms with Crippen LogP contribution in [0.4, 0.5) is 0 Å². The number of hydrogen-bond donors (Lipinski definition) is 2. The monoisotopic (exact) mass is 319 g/mol. The van der Waals surface area contributed by atoms with Crippen LogP contribution in [0, 0.1) is 0 Å². The zero-order valence-corrected chi connectivity index (χ0v) is 13.3. The zero-order valence-electron chi connectivity index (χ0n) is 12.5. The van der Waals surface area contributed by atoms with Crippen molar-refractivity contribution in [2.45, 2.75) is 18.2 Å². The number of sulfone groups is 1. The molecule has 0 bridgehead atoms. The Morgan fingerprint density at radius 1 is 1.00 bits per heavy atom. The van der Waals surface area contributed by atoms with E-state index in [1.807, 2.05) is 54.6 Å². The number of aliphatic hydroxyl groups excluding tert-OH is 1. The van der Waals surface area contributed by atoms with Crippen LogP contribution in [-0.2, 0) is 9.84 Å². The normalized spacial score (nSPS) is 14.5. The van der Waals surface area contributed by atoms with Crippen molar-refractivity contribution in [3.05, 3.63) is 60.2 Å². The average molecular weight is 319 g/mol. The highest BCUT2D eigenvalue weighted by Crippen LogP contribution is 2.24. The van der Waals surface area contributed by atoms with Crippen LogP contribution in [-0.4, -0.2) is 31.1 Å². The lowest BCUT2D eigenvalue weighted by molar-refractivity contribution is 0.277. The van der Waals surface area contributed by atoms with Gasteiger partial charge in [0.25, 0.3) is 0 Å². The lowest BCUT2D eigenvalue weighted by Crippen LogP contribution is -2.37. The van der Waals surface area contributed by atoms with Gasteiger partial charge in [-0.2, -0.15) is 0 Å². The van der Waals surface area contributed by atoms with Gasteiger partial charge in [0, 0.05) is 11.8 Å². The summed E-state index contributed by atoms with van der Waals surface area (Å²) in [4.78, 5) is 0. The van der Waals surface area contributed by atoms with Gasteiger partial charge in [0.05, 0.1) is 6.61 Å². The first-order valence-corrected chi connectivity index (χ1v) is 8.94. The number of nitrogens with two attached hydrogens (primary N) is 1. The van der Waals surface area contributed by atoms with E-state index in [2.05, 4.69) is 0 Å². The number of aliphatic hydroxyl groups is 1. The number of rotatable bonds is 6. The second-order valence-corrected chi connectivity index (χ2v) is 7.69. The predicted octanol–water partition coefficient (Wildman–Crippen LogP) is 2.15. The number of hydrogen-bond acceptors (Lipinski definition) is 4. The van der Waals surface area contributed by atoms with Crippen molar-refractivity contribution in [1.29, 1.82) is 0 Å². The molecule has 0 aliphatic rings. The van der Waals surface area contributed by atoms with E-state index < -0.39 is 27.7 Å². The Hall–Kier alpha value is -1.69. The molecule has 2 aromatic rings. The Labute approximate surface area is 131 Å². The molecule has 0 heterocycles. The van der Waals surface area contributed by atoms with Crippen molar-refractivity contribution in [3.8, 4) is 11.1 Å². The SMILES string of the molecule is CCS(=O)(=O)[C@H](CO)[C@H](N)c1ccc(-c2ccccc2)cc1. The predicted molar refractivity (Wildman–Crippen MR) is 89.1 cm³/mol. The summed E-state index contributed by atoms with van der Waals surface area (Å²) in [5, 5.41) is 8.43. The molecule has 22 heavy (non-hydrogen) atoms. The molecule has 0 saturated carbocycles. The van der Waals surface area contributed by atoms with Crippen molar-refractivity contribution in [2.24, 2.45) is 5.73 Å². The van der Waals surface area contributed by atoms with Crippen LogP contribution < -0.4 is 5.73 Å². The lowest BCUT2D eigenvalue weighted by atomic mass is 10.00. The Bertz CT molecular complexity index is 696. The van der Waals surface area contributed by atoms with Gasteiger partial charge in [-0.05, 0) is 16.7 Å². The summed E-state index contributed by atoms with van der Waals surface area (Å²) in [5.74, 6) is -0.0337. The van der Waals surface area contributed by atoms with Crippen LogP contribution in [0.25, 0.3) is 11.1 Å². The van der Waals surface area contributed by atoms with E-state index >= 15 is 0 Å². The van der Waals surface area contributed by atoms with Gasteiger partial charge in [0.2, 0.25) is 0 Å². The Morgan fingerprint density at radius 2 is 1.55 bits per heavy atom. The fourth-order valence-corrected chi connectivity index (χ4v) is 3.67. The largest absolute Gasteiger partial charge is 0.395 e. The molecule has 0 radical (unpaired) electrons. The summed E-state index contributed by atoms with van der Waals surface area (Å²) >= 11 is 0. The summed E-state index contributed by atoms with van der Waals surface area (Å²) in [6.45, 7) is 1.08. The van der Waals surface area contributed by atoms with E-state index in [4.69, 9.17) is 5.73 Å². The van der Waals surface area contributed by atoms with Crippen LogP contribution in [0.2, 0.25) is 0 Å². The van der Waals surface area contributed by atoms with Crippen molar-refractivity contribution < 1.29 is 13.5 Å². The van der Waals surface area contributed by atoms with Crippen molar-refractivity contribution in [1.82, 2.24) is 0 Å². The van der Waals surface area contributed by atoms with E-state index in [0.717, 1.165) is 11.1 Å². The fourth-order valence-electron chi connectivity index (χ4n) is 2.41. The topological polar surface area (TPSA) is 80.4 Å². The van der Waals surface area contributed by atoms with Crippen molar-refractivity contribution in [2.75, 3.05) is 12.4 Å². The van der Waals surface area contributed by atoms with Crippen LogP contribution in [0.3, 0.4) is 0 Å². The molecule has 0 saturated heterocycles. The molecule has 0 spiro atoms. The van der Waals surface area contributed by atoms with Crippen LogP contribution >= 0.6 is 0 Å². The molecule has 2 aromatic carbocycles. The third-order valence-electron chi connectivity index (χ3n) is 3.85. The Kier molecular flexibility index (Phi) is 5.34. The minimum Gasteiger partial charge on any atom is -0.395 e. The molecule has 0 amide bonds. The molecule has 2 atom stereocenters. The van der Waals surface area contributed by atoms with Crippen molar-refractivity contribution >= 4 is 9.84 Å². The first-order valence-electron chi connectivity index (χ1n) is 7.23. The quantitative estimate of drug-likeness (QED) is 0.855. The fraction of sp³-hybridized carbons (Fsp3) is 0.294. The first-order chi connectivity index (χ1) is 10.5. The molecule has 0 fully saturated rings. The van der Waals surface area contributed by atoms with Gasteiger partial charge in [0.1, 0.15) is 5.25 Å². The minimum atomic E-state index is -3.40. The van der Waals surface area contributed by atoms with Crippen molar-refractivity contribution in [3.63, 3.8) is 0 Å². The van der Waals surface area contributed by atoms with Gasteiger partial charge >= 0.3 is 0 Å². The maximum absolute atomic E-state index is 12.0. The average Bonchev–Trinajstić information content (AvgIpc) is 2.56. The van der Waals surface area contributed by atoms with E-state index in [9.17, 15) is 13.5 Å². The third kappa shape index (κ3) is 3.55. The Morgan fingerprint density at radius 3 is 2.05 bits per heavy atom. The second-order valence-electron chi connectivity index (χ2n) is 5.19. The molecule has 3 N–H and O–H groups in total. The van der Waals surface area contributed by atoms with Crippen LogP contribution in [0.5, 0.6) is 0 Å². The summed E-state index contributed by atoms with van der Waals surface area (Å²) in [5.41, 5.74) is 8.89. The highest BCUT2D eigenvalue weighted by atomic mass is 32.2. The van der Waals surface area contributed by atoms with E-state index in [1.54, 1.807) is 6.92 Å². The molecule has 0 aromatic heterocycles. The van der Waals surface area contributed by atoms with Gasteiger partial charge in [-0.1, -0.05) is 61.5 Å². The molecule has 4 nitrogen and oxygen atoms in total. The van der Waals surface area contributed by atoms with Gasteiger partial charge in [0.15, 0.2) is 9.84 Å². The highest BCUT2D eigenvalue weighted by Gasteiger charge is 2.30.